The molecule has 1 unspecified atom stereocenters. The second-order valence-electron chi connectivity index (χ2n) is 14.2. The van der Waals surface area contributed by atoms with Crippen LogP contribution in [0.25, 0.3) is 11.1 Å². The Hall–Kier alpha value is -5.64. The lowest BCUT2D eigenvalue weighted by atomic mass is 9.82. The first-order valence-corrected chi connectivity index (χ1v) is 21.0. The minimum Gasteiger partial charge on any atom is -0.471 e. The predicted molar refractivity (Wildman–Crippen MR) is 230 cm³/mol. The average molecular weight is 855 g/mol. The Bertz CT molecular complexity index is 1730. The number of Topliss-reactive ketones (excluding diaryl/α,β-unsaturated/α-hetero) is 2. The van der Waals surface area contributed by atoms with Gasteiger partial charge < -0.3 is 39.4 Å². The summed E-state index contributed by atoms with van der Waals surface area (Å²) in [5.41, 5.74) is 4.58. The fourth-order valence-electron chi connectivity index (χ4n) is 6.43. The van der Waals surface area contributed by atoms with Gasteiger partial charge in [0.25, 0.3) is 6.47 Å². The first kappa shape index (κ1) is 53.4. The van der Waals surface area contributed by atoms with Crippen molar-refractivity contribution in [2.45, 2.75) is 98.4 Å². The summed E-state index contributed by atoms with van der Waals surface area (Å²) in [6, 6.07) is 9.89. The zero-order valence-electron chi connectivity index (χ0n) is 37.2. The first-order valence-electron chi connectivity index (χ1n) is 21.0. The Balaban J connectivity index is 0.00000168. The van der Waals surface area contributed by atoms with E-state index in [1.807, 2.05) is 25.1 Å². The van der Waals surface area contributed by atoms with E-state index in [4.69, 9.17) is 14.3 Å². The van der Waals surface area contributed by atoms with Crippen LogP contribution in [0.5, 0.6) is 0 Å². The van der Waals surface area contributed by atoms with Gasteiger partial charge in [0.15, 0.2) is 19.0 Å². The summed E-state index contributed by atoms with van der Waals surface area (Å²) in [4.78, 5) is 99.3. The van der Waals surface area contributed by atoms with Gasteiger partial charge in [0, 0.05) is 24.2 Å². The third-order valence-electron chi connectivity index (χ3n) is 9.07. The van der Waals surface area contributed by atoms with Crippen molar-refractivity contribution in [2.75, 3.05) is 67.2 Å². The number of carbonyl (C=O) groups excluding carboxylic acids is 8. The van der Waals surface area contributed by atoms with Gasteiger partial charge in [-0.25, -0.2) is 9.59 Å². The van der Waals surface area contributed by atoms with E-state index >= 15 is 0 Å². The van der Waals surface area contributed by atoms with E-state index in [0.29, 0.717) is 49.8 Å². The minimum absolute atomic E-state index is 0.121. The molecule has 3 amide bonds. The molecule has 1 atom stereocenters. The van der Waals surface area contributed by atoms with Crippen LogP contribution < -0.4 is 10.6 Å². The van der Waals surface area contributed by atoms with E-state index in [9.17, 15) is 33.6 Å². The molecule has 0 aromatic heterocycles. The molecule has 2 aliphatic rings. The zero-order chi connectivity index (χ0) is 45.7. The number of ketones is 2. The molecule has 1 aliphatic heterocycles. The van der Waals surface area contributed by atoms with Crippen LogP contribution in [0.1, 0.15) is 111 Å². The van der Waals surface area contributed by atoms with E-state index in [-0.39, 0.29) is 43.7 Å². The Morgan fingerprint density at radius 1 is 0.803 bits per heavy atom. The van der Waals surface area contributed by atoms with Crippen LogP contribution in [-0.2, 0) is 55.8 Å². The van der Waals surface area contributed by atoms with Gasteiger partial charge in [0.05, 0.1) is 20.8 Å². The monoisotopic (exact) mass is 854 g/mol. The lowest BCUT2D eigenvalue weighted by Crippen LogP contribution is -2.44. The van der Waals surface area contributed by atoms with Gasteiger partial charge in [-0.2, -0.15) is 0 Å². The van der Waals surface area contributed by atoms with Crippen LogP contribution >= 0.6 is 0 Å². The SMILES string of the molecule is CCC.CCC.CCCN(CC(=O)OCC(=O)c1ccc(-c2ccc(C(=O)COC(=O)C3CCCN3C(=O)CNC)cc2)c2c1CCCC2)C(=O)CNC(=O)OC.COC=O. The van der Waals surface area contributed by atoms with Gasteiger partial charge >= 0.3 is 18.0 Å². The number of fused-ring (bicyclic) bond motifs is 1. The highest BCUT2D eigenvalue weighted by atomic mass is 16.5. The highest BCUT2D eigenvalue weighted by Crippen LogP contribution is 2.34. The molecule has 16 heteroatoms. The molecule has 2 aromatic carbocycles. The standard InChI is InChI=1S/C37H46N4O10.2C3H8.C2H4O2/c1-4-17-40(33(44)20-39-37(48)49-3)21-35(46)50-23-32(43)29-16-15-26(27-8-5-6-9-28(27)29)24-11-13-25(14-12-24)31(42)22-51-36(47)30-10-7-18-41(30)34(45)19-38-2;2*1-3-2;1-4-2-3/h11-16,30,38H,4-10,17-23H2,1-3H3,(H,39,48);2*3H2,1-2H3;2H,1H3. The maximum atomic E-state index is 13.3. The molecule has 338 valence electrons. The molecule has 0 spiro atoms. The number of likely N-dealkylation sites (N-methyl/N-ethyl adjacent to an activating group) is 1. The largest absolute Gasteiger partial charge is 0.471 e. The molecule has 0 saturated carbocycles. The fourth-order valence-corrected chi connectivity index (χ4v) is 6.43. The second-order valence-corrected chi connectivity index (χ2v) is 14.2. The molecule has 2 aromatic rings. The summed E-state index contributed by atoms with van der Waals surface area (Å²) in [5.74, 6) is -2.71. The Morgan fingerprint density at radius 2 is 1.41 bits per heavy atom. The van der Waals surface area contributed by atoms with E-state index in [1.165, 1.54) is 36.9 Å². The molecule has 16 nitrogen and oxygen atoms in total. The smallest absolute Gasteiger partial charge is 0.407 e. The van der Waals surface area contributed by atoms with Gasteiger partial charge in [0.2, 0.25) is 17.6 Å². The minimum atomic E-state index is -0.766. The van der Waals surface area contributed by atoms with Gasteiger partial charge in [0.1, 0.15) is 19.1 Å². The summed E-state index contributed by atoms with van der Waals surface area (Å²) in [5, 5.41) is 5.08. The highest BCUT2D eigenvalue weighted by Gasteiger charge is 2.35. The van der Waals surface area contributed by atoms with E-state index in [2.05, 4.69) is 47.8 Å². The van der Waals surface area contributed by atoms with Crippen molar-refractivity contribution in [3.05, 3.63) is 58.7 Å². The van der Waals surface area contributed by atoms with Gasteiger partial charge in [-0.05, 0) is 74.2 Å². The lowest BCUT2D eigenvalue weighted by Gasteiger charge is -2.23. The summed E-state index contributed by atoms with van der Waals surface area (Å²) in [6.07, 6.45) is 6.78. The molecule has 0 radical (unpaired) electrons. The number of hydrogen-bond donors (Lipinski definition) is 2. The van der Waals surface area contributed by atoms with Crippen molar-refractivity contribution in [3.63, 3.8) is 0 Å². The summed E-state index contributed by atoms with van der Waals surface area (Å²) in [7, 11) is 4.15. The molecule has 1 fully saturated rings. The maximum absolute atomic E-state index is 13.3. The van der Waals surface area contributed by atoms with E-state index < -0.39 is 43.2 Å². The van der Waals surface area contributed by atoms with Crippen LogP contribution in [0.2, 0.25) is 0 Å². The van der Waals surface area contributed by atoms with E-state index in [0.717, 1.165) is 41.5 Å². The number of likely N-dealkylation sites (tertiary alicyclic amines) is 1. The summed E-state index contributed by atoms with van der Waals surface area (Å²) >= 11 is 0. The number of hydrogen-bond acceptors (Lipinski definition) is 13. The van der Waals surface area contributed by atoms with Crippen LogP contribution in [-0.4, -0.2) is 131 Å². The van der Waals surface area contributed by atoms with E-state index in [1.54, 1.807) is 25.2 Å². The average Bonchev–Trinajstić information content (AvgIpc) is 3.77. The van der Waals surface area contributed by atoms with Crippen molar-refractivity contribution in [3.8, 4) is 11.1 Å². The molecule has 1 aliphatic carbocycles. The molecule has 61 heavy (non-hydrogen) atoms. The quantitative estimate of drug-likeness (QED) is 0.0921. The molecule has 4 rings (SSSR count). The number of amides is 3. The van der Waals surface area contributed by atoms with Crippen molar-refractivity contribution in [1.82, 2.24) is 20.4 Å². The predicted octanol–water partition coefficient (Wildman–Crippen LogP) is 5.11. The Morgan fingerprint density at radius 3 is 1.98 bits per heavy atom. The van der Waals surface area contributed by atoms with Gasteiger partial charge in [-0.3, -0.25) is 28.8 Å². The van der Waals surface area contributed by atoms with Crippen LogP contribution in [0.15, 0.2) is 36.4 Å². The third-order valence-corrected chi connectivity index (χ3v) is 9.07. The molecular weight excluding hydrogens is 789 g/mol. The zero-order valence-corrected chi connectivity index (χ0v) is 37.2. The first-order chi connectivity index (χ1) is 29.3. The van der Waals surface area contributed by atoms with Crippen molar-refractivity contribution < 1.29 is 57.3 Å². The molecular formula is C45H66N4O12. The normalized spacial score (nSPS) is 13.4. The molecule has 1 heterocycles. The topological polar surface area (TPSA) is 204 Å². The number of alkyl carbamates (subject to hydrolysis) is 1. The number of rotatable bonds is 17. The summed E-state index contributed by atoms with van der Waals surface area (Å²) < 4.78 is 18.9. The van der Waals surface area contributed by atoms with Crippen molar-refractivity contribution in [2.24, 2.45) is 0 Å². The fraction of sp³-hybridized carbons (Fsp3) is 0.556. The lowest BCUT2D eigenvalue weighted by molar-refractivity contribution is -0.152. The third kappa shape index (κ3) is 18.3. The number of carbonyl (C=O) groups is 8. The van der Waals surface area contributed by atoms with Crippen LogP contribution in [0, 0.1) is 0 Å². The summed E-state index contributed by atoms with van der Waals surface area (Å²) in [6.45, 7) is 9.96. The van der Waals surface area contributed by atoms with Crippen molar-refractivity contribution in [1.29, 1.82) is 0 Å². The van der Waals surface area contributed by atoms with Crippen LogP contribution in [0.4, 0.5) is 4.79 Å². The van der Waals surface area contributed by atoms with Crippen molar-refractivity contribution >= 4 is 47.9 Å². The number of methoxy groups -OCH3 is 2. The van der Waals surface area contributed by atoms with Crippen LogP contribution in [0.3, 0.4) is 0 Å². The number of esters is 2. The molecule has 1 saturated heterocycles. The Labute approximate surface area is 360 Å². The number of nitrogens with zero attached hydrogens (tertiary/aromatic N) is 2. The van der Waals surface area contributed by atoms with Gasteiger partial charge in [-0.1, -0.05) is 83.9 Å². The molecule has 0 bridgehead atoms. The molecule has 2 N–H and O–H groups in total. The maximum Gasteiger partial charge on any atom is 0.407 e. The number of nitrogens with one attached hydrogen (secondary N) is 2. The number of ether oxygens (including phenoxy) is 4. The van der Waals surface area contributed by atoms with Gasteiger partial charge in [-0.15, -0.1) is 0 Å². The number of benzene rings is 2. The second kappa shape index (κ2) is 30.4. The Kier molecular flexibility index (Phi) is 26.6. The highest BCUT2D eigenvalue weighted by molar-refractivity contribution is 6.01.